The van der Waals surface area contributed by atoms with Gasteiger partial charge in [0.1, 0.15) is 0 Å². The van der Waals surface area contributed by atoms with E-state index in [1.54, 1.807) is 48.5 Å². The number of halogens is 6. The average molecular weight is 573 g/mol. The standard InChI is InChI=1S/C34H18F6O2/c35-29-25(22-13-16-5-1-3-7-20(16)27(22)31(37)33(29)39)18-9-15(11-24(41)42)10-19(12-18)26-23-14-17-6-2-4-8-21(17)28(23)32(38)34(40)30(26)36/h1-10,12H,11,13-14H2,(H,41,42). The van der Waals surface area contributed by atoms with Crippen LogP contribution in [0.2, 0.25) is 0 Å². The van der Waals surface area contributed by atoms with Crippen molar-refractivity contribution in [2.75, 3.05) is 0 Å². The summed E-state index contributed by atoms with van der Waals surface area (Å²) in [6.07, 6.45) is -0.447. The first-order chi connectivity index (χ1) is 20.2. The van der Waals surface area contributed by atoms with E-state index < -0.39 is 47.3 Å². The predicted molar refractivity (Wildman–Crippen MR) is 145 cm³/mol. The molecule has 7 rings (SSSR count). The third kappa shape index (κ3) is 3.71. The van der Waals surface area contributed by atoms with Crippen molar-refractivity contribution in [2.45, 2.75) is 19.3 Å². The topological polar surface area (TPSA) is 37.3 Å². The highest BCUT2D eigenvalue weighted by Crippen LogP contribution is 2.49. The van der Waals surface area contributed by atoms with Gasteiger partial charge in [0.2, 0.25) is 0 Å². The first kappa shape index (κ1) is 26.1. The summed E-state index contributed by atoms with van der Waals surface area (Å²) in [5.41, 5.74) is 1.52. The fourth-order valence-electron chi connectivity index (χ4n) is 6.40. The van der Waals surface area contributed by atoms with Gasteiger partial charge in [-0.1, -0.05) is 60.7 Å². The molecule has 0 aromatic heterocycles. The van der Waals surface area contributed by atoms with Crippen LogP contribution in [0.4, 0.5) is 26.3 Å². The molecule has 1 N–H and O–H groups in total. The van der Waals surface area contributed by atoms with Crippen molar-refractivity contribution in [1.82, 2.24) is 0 Å². The Morgan fingerprint density at radius 1 is 0.571 bits per heavy atom. The van der Waals surface area contributed by atoms with Crippen LogP contribution in [0.1, 0.15) is 27.8 Å². The normalized spacial score (nSPS) is 12.6. The van der Waals surface area contributed by atoms with Gasteiger partial charge in [-0.2, -0.15) is 0 Å². The summed E-state index contributed by atoms with van der Waals surface area (Å²) < 4.78 is 91.6. The second-order valence-electron chi connectivity index (χ2n) is 10.5. The summed E-state index contributed by atoms with van der Waals surface area (Å²) in [7, 11) is 0. The molecule has 42 heavy (non-hydrogen) atoms. The van der Waals surface area contributed by atoms with E-state index in [1.807, 2.05) is 0 Å². The number of hydrogen-bond donors (Lipinski definition) is 1. The summed E-state index contributed by atoms with van der Waals surface area (Å²) in [5, 5.41) is 9.54. The molecule has 0 atom stereocenters. The molecule has 0 unspecified atom stereocenters. The Labute approximate surface area is 235 Å². The molecule has 0 heterocycles. The number of carbonyl (C=O) groups is 1. The Morgan fingerprint density at radius 2 is 0.976 bits per heavy atom. The maximum Gasteiger partial charge on any atom is 0.307 e. The van der Waals surface area contributed by atoms with Crippen molar-refractivity contribution in [2.24, 2.45) is 0 Å². The fourth-order valence-corrected chi connectivity index (χ4v) is 6.40. The quantitative estimate of drug-likeness (QED) is 0.169. The Hall–Kier alpha value is -4.85. The molecular formula is C34H18F6O2. The van der Waals surface area contributed by atoms with Crippen molar-refractivity contribution in [1.29, 1.82) is 0 Å². The highest BCUT2D eigenvalue weighted by atomic mass is 19.2. The van der Waals surface area contributed by atoms with E-state index in [0.717, 1.165) is 0 Å². The van der Waals surface area contributed by atoms with Gasteiger partial charge in [-0.15, -0.1) is 0 Å². The highest BCUT2D eigenvalue weighted by Gasteiger charge is 2.34. The first-order valence-electron chi connectivity index (χ1n) is 13.1. The largest absolute Gasteiger partial charge is 0.481 e. The van der Waals surface area contributed by atoms with Gasteiger partial charge < -0.3 is 5.11 Å². The fraction of sp³-hybridized carbons (Fsp3) is 0.0882. The van der Waals surface area contributed by atoms with Gasteiger partial charge in [-0.3, -0.25) is 4.79 Å². The molecule has 0 amide bonds. The van der Waals surface area contributed by atoms with E-state index >= 15 is 26.3 Å². The number of aliphatic carboxylic acids is 1. The molecule has 5 aromatic rings. The van der Waals surface area contributed by atoms with E-state index in [-0.39, 0.29) is 62.9 Å². The molecular weight excluding hydrogens is 554 g/mol. The number of fused-ring (bicyclic) bond motifs is 6. The van der Waals surface area contributed by atoms with Crippen LogP contribution in [0.15, 0.2) is 66.7 Å². The Kier molecular flexibility index (Phi) is 5.80. The summed E-state index contributed by atoms with van der Waals surface area (Å²) in [4.78, 5) is 11.7. The maximum absolute atomic E-state index is 15.6. The lowest BCUT2D eigenvalue weighted by molar-refractivity contribution is -0.136. The zero-order valence-corrected chi connectivity index (χ0v) is 21.6. The second kappa shape index (κ2) is 9.34. The molecule has 0 radical (unpaired) electrons. The third-order valence-electron chi connectivity index (χ3n) is 8.09. The van der Waals surface area contributed by atoms with Crippen LogP contribution in [0, 0.1) is 34.9 Å². The first-order valence-corrected chi connectivity index (χ1v) is 13.1. The van der Waals surface area contributed by atoms with Crippen LogP contribution in [-0.2, 0) is 24.1 Å². The SMILES string of the molecule is O=C(O)Cc1cc(-c2c(F)c(F)c(F)c3c2Cc2ccccc2-3)cc(-c2c(F)c(F)c(F)c3c2Cc2ccccc2-3)c1. The van der Waals surface area contributed by atoms with Crippen LogP contribution >= 0.6 is 0 Å². The molecule has 2 aliphatic rings. The summed E-state index contributed by atoms with van der Waals surface area (Å²) in [6, 6.07) is 17.2. The number of carboxylic acids is 1. The zero-order chi connectivity index (χ0) is 29.4. The van der Waals surface area contributed by atoms with Crippen LogP contribution in [-0.4, -0.2) is 11.1 Å². The monoisotopic (exact) mass is 572 g/mol. The molecule has 8 heteroatoms. The predicted octanol–water partition coefficient (Wildman–Crippen LogP) is 8.62. The van der Waals surface area contributed by atoms with E-state index in [1.165, 1.54) is 18.2 Å². The summed E-state index contributed by atoms with van der Waals surface area (Å²) >= 11 is 0. The lowest BCUT2D eigenvalue weighted by atomic mass is 9.88. The van der Waals surface area contributed by atoms with Crippen LogP contribution < -0.4 is 0 Å². The number of benzene rings is 5. The Balaban J connectivity index is 1.52. The molecule has 0 fully saturated rings. The molecule has 5 aromatic carbocycles. The average Bonchev–Trinajstić information content (AvgIpc) is 3.53. The van der Waals surface area contributed by atoms with Gasteiger partial charge in [0.25, 0.3) is 0 Å². The van der Waals surface area contributed by atoms with Crippen molar-refractivity contribution in [3.63, 3.8) is 0 Å². The molecule has 0 saturated heterocycles. The number of hydrogen-bond acceptors (Lipinski definition) is 1. The minimum atomic E-state index is -1.71. The lowest BCUT2D eigenvalue weighted by Crippen LogP contribution is -2.06. The Bertz CT molecular complexity index is 1880. The minimum absolute atomic E-state index is 0.0439. The molecule has 2 nitrogen and oxygen atoms in total. The maximum atomic E-state index is 15.6. The van der Waals surface area contributed by atoms with Gasteiger partial charge >= 0.3 is 5.97 Å². The van der Waals surface area contributed by atoms with E-state index in [0.29, 0.717) is 22.3 Å². The second-order valence-corrected chi connectivity index (χ2v) is 10.5. The van der Waals surface area contributed by atoms with Gasteiger partial charge in [-0.25, -0.2) is 26.3 Å². The van der Waals surface area contributed by atoms with Gasteiger partial charge in [0, 0.05) is 22.3 Å². The highest BCUT2D eigenvalue weighted by molar-refractivity contribution is 5.90. The van der Waals surface area contributed by atoms with Crippen LogP contribution in [0.3, 0.4) is 0 Å². The molecule has 208 valence electrons. The smallest absolute Gasteiger partial charge is 0.307 e. The lowest BCUT2D eigenvalue weighted by Gasteiger charge is -2.18. The van der Waals surface area contributed by atoms with Gasteiger partial charge in [-0.05, 0) is 69.0 Å². The van der Waals surface area contributed by atoms with Crippen molar-refractivity contribution < 1.29 is 36.2 Å². The van der Waals surface area contributed by atoms with Gasteiger partial charge in [0.15, 0.2) is 34.9 Å². The number of carboxylic acid groups (broad SMARTS) is 1. The minimum Gasteiger partial charge on any atom is -0.481 e. The summed E-state index contributed by atoms with van der Waals surface area (Å²) in [5.74, 6) is -10.3. The van der Waals surface area contributed by atoms with Crippen LogP contribution in [0.5, 0.6) is 0 Å². The molecule has 2 aliphatic carbocycles. The summed E-state index contributed by atoms with van der Waals surface area (Å²) in [6.45, 7) is 0. The van der Waals surface area contributed by atoms with Crippen molar-refractivity contribution in [3.8, 4) is 44.5 Å². The molecule has 0 bridgehead atoms. The molecule has 0 spiro atoms. The number of rotatable bonds is 4. The van der Waals surface area contributed by atoms with Crippen molar-refractivity contribution in [3.05, 3.63) is 129 Å². The Morgan fingerprint density at radius 3 is 1.40 bits per heavy atom. The molecule has 0 saturated carbocycles. The van der Waals surface area contributed by atoms with Gasteiger partial charge in [0.05, 0.1) is 6.42 Å². The molecule has 0 aliphatic heterocycles. The van der Waals surface area contributed by atoms with E-state index in [4.69, 9.17) is 0 Å². The third-order valence-corrected chi connectivity index (χ3v) is 8.09. The van der Waals surface area contributed by atoms with Crippen molar-refractivity contribution >= 4 is 5.97 Å². The zero-order valence-electron chi connectivity index (χ0n) is 21.6. The van der Waals surface area contributed by atoms with E-state index in [2.05, 4.69) is 0 Å². The van der Waals surface area contributed by atoms with E-state index in [9.17, 15) is 9.90 Å². The van der Waals surface area contributed by atoms with Crippen LogP contribution in [0.25, 0.3) is 44.5 Å².